The summed E-state index contributed by atoms with van der Waals surface area (Å²) in [6, 6.07) is 0. The van der Waals surface area contributed by atoms with Gasteiger partial charge in [0.2, 0.25) is 0 Å². The molecule has 0 saturated heterocycles. The molecule has 0 saturated carbocycles. The average Bonchev–Trinajstić information content (AvgIpc) is 1.79. The van der Waals surface area contributed by atoms with Gasteiger partial charge in [-0.2, -0.15) is 0 Å². The molecule has 0 aliphatic carbocycles. The second-order valence-corrected chi connectivity index (χ2v) is 8.35. The normalized spacial score (nSPS) is 13.6. The van der Waals surface area contributed by atoms with Crippen LogP contribution in [-0.2, 0) is 4.57 Å². The molecule has 0 rings (SSSR count). The van der Waals surface area contributed by atoms with Gasteiger partial charge in [0, 0.05) is 5.82 Å². The Labute approximate surface area is 85.4 Å². The zero-order chi connectivity index (χ0) is 8.91. The van der Waals surface area contributed by atoms with Crippen LogP contribution < -0.4 is 0 Å². The first-order valence-electron chi connectivity index (χ1n) is 2.96. The molecule has 0 atom stereocenters. The summed E-state index contributed by atoms with van der Waals surface area (Å²) >= 11 is 17.5. The number of hydrogen-bond acceptors (Lipinski definition) is 2. The summed E-state index contributed by atoms with van der Waals surface area (Å²) < 4.78 is 11.1. The highest BCUT2D eigenvalue weighted by atomic mass is 35.9. The molecule has 11 heavy (non-hydrogen) atoms. The Morgan fingerprint density at radius 1 is 1.64 bits per heavy atom. The van der Waals surface area contributed by atoms with E-state index in [2.05, 4.69) is 0 Å². The largest absolute Gasteiger partial charge is 0.285 e. The lowest BCUT2D eigenvalue weighted by atomic mass is 10.6. The molecular formula is C5H8Cl3OPS. The molecule has 6 heteroatoms. The molecule has 0 N–H and O–H groups in total. The van der Waals surface area contributed by atoms with Crippen molar-refractivity contribution in [2.45, 2.75) is 13.3 Å². The molecule has 0 heterocycles. The fourth-order valence-electron chi connectivity index (χ4n) is 0.355. The van der Waals surface area contributed by atoms with E-state index < -0.39 is 5.85 Å². The fraction of sp³-hybridized carbons (Fsp3) is 0.600. The summed E-state index contributed by atoms with van der Waals surface area (Å²) in [5, 5.41) is 0. The maximum Gasteiger partial charge on any atom is 0.276 e. The molecule has 0 aliphatic heterocycles. The monoisotopic (exact) mass is 252 g/mol. The van der Waals surface area contributed by atoms with Crippen LogP contribution in [0.1, 0.15) is 13.3 Å². The van der Waals surface area contributed by atoms with Crippen LogP contribution in [0.5, 0.6) is 0 Å². The average molecular weight is 254 g/mol. The predicted octanol–water partition coefficient (Wildman–Crippen LogP) is 4.84. The Morgan fingerprint density at radius 2 is 2.18 bits per heavy atom. The van der Waals surface area contributed by atoms with Gasteiger partial charge in [-0.15, -0.1) is 11.8 Å². The van der Waals surface area contributed by atoms with Gasteiger partial charge in [0.05, 0.1) is 4.36 Å². The van der Waals surface area contributed by atoms with Crippen LogP contribution in [0.25, 0.3) is 0 Å². The molecule has 0 radical (unpaired) electrons. The van der Waals surface area contributed by atoms with E-state index in [4.69, 9.17) is 34.1 Å². The number of thioether (sulfide) groups is 1. The smallest absolute Gasteiger partial charge is 0.276 e. The van der Waals surface area contributed by atoms with Crippen molar-refractivity contribution < 1.29 is 4.57 Å². The van der Waals surface area contributed by atoms with Gasteiger partial charge < -0.3 is 0 Å². The van der Waals surface area contributed by atoms with E-state index in [0.29, 0.717) is 4.36 Å². The molecule has 1 nitrogen and oxygen atoms in total. The standard InChI is InChI=1S/C5H8Cl3OPS/c1-2-3-11-5(6)4-10(7,8)9/h4H,2-3H2,1H3/b5-4+. The van der Waals surface area contributed by atoms with Gasteiger partial charge in [-0.1, -0.05) is 18.5 Å². The summed E-state index contributed by atoms with van der Waals surface area (Å²) in [4.78, 5) is 0. The SMILES string of the molecule is CCCS/C(Cl)=C/P(=O)(Cl)Cl. The maximum atomic E-state index is 10.7. The van der Waals surface area contributed by atoms with E-state index >= 15 is 0 Å². The molecule has 0 amide bonds. The molecule has 0 spiro atoms. The first-order valence-corrected chi connectivity index (χ1v) is 7.91. The zero-order valence-corrected chi connectivity index (χ0v) is 9.87. The molecule has 0 aliphatic rings. The van der Waals surface area contributed by atoms with Crippen LogP contribution in [0.4, 0.5) is 0 Å². The minimum absolute atomic E-state index is 0.403. The third kappa shape index (κ3) is 9.10. The van der Waals surface area contributed by atoms with Crippen molar-refractivity contribution >= 4 is 51.7 Å². The van der Waals surface area contributed by atoms with E-state index in [1.807, 2.05) is 6.92 Å². The van der Waals surface area contributed by atoms with Crippen LogP contribution in [0.15, 0.2) is 10.2 Å². The molecular weight excluding hydrogens is 245 g/mol. The lowest BCUT2D eigenvalue weighted by molar-refractivity contribution is 0.597. The lowest BCUT2D eigenvalue weighted by Gasteiger charge is -1.96. The zero-order valence-electron chi connectivity index (χ0n) is 5.89. The van der Waals surface area contributed by atoms with Crippen LogP contribution in [0, 0.1) is 0 Å². The third-order valence-corrected chi connectivity index (χ3v) is 3.61. The van der Waals surface area contributed by atoms with E-state index in [9.17, 15) is 4.57 Å². The van der Waals surface area contributed by atoms with Crippen molar-refractivity contribution in [3.05, 3.63) is 10.2 Å². The second kappa shape index (κ2) is 5.77. The lowest BCUT2D eigenvalue weighted by Crippen LogP contribution is -1.70. The highest BCUT2D eigenvalue weighted by molar-refractivity contribution is 8.12. The highest BCUT2D eigenvalue weighted by Gasteiger charge is 2.10. The Bertz CT molecular complexity index is 188. The quantitative estimate of drug-likeness (QED) is 0.667. The first-order chi connectivity index (χ1) is 4.95. The summed E-state index contributed by atoms with van der Waals surface area (Å²) in [5.74, 6) is -1.06. The number of halogens is 3. The molecule has 0 aromatic rings. The van der Waals surface area contributed by atoms with E-state index in [1.165, 1.54) is 17.6 Å². The van der Waals surface area contributed by atoms with Crippen LogP contribution in [-0.4, -0.2) is 5.75 Å². The van der Waals surface area contributed by atoms with Crippen molar-refractivity contribution in [1.29, 1.82) is 0 Å². The van der Waals surface area contributed by atoms with E-state index in [1.54, 1.807) is 0 Å². The van der Waals surface area contributed by atoms with E-state index in [-0.39, 0.29) is 0 Å². The summed E-state index contributed by atoms with van der Waals surface area (Å²) in [7, 11) is 0. The van der Waals surface area contributed by atoms with Crippen LogP contribution in [0.3, 0.4) is 0 Å². The van der Waals surface area contributed by atoms with Crippen molar-refractivity contribution in [1.82, 2.24) is 0 Å². The van der Waals surface area contributed by atoms with Crippen molar-refractivity contribution in [3.63, 3.8) is 0 Å². The highest BCUT2D eigenvalue weighted by Crippen LogP contribution is 2.59. The summed E-state index contributed by atoms with van der Waals surface area (Å²) in [5.41, 5.74) is 0. The molecule has 0 fully saturated rings. The minimum atomic E-state index is -3.13. The molecule has 0 unspecified atom stereocenters. The molecule has 0 aromatic carbocycles. The maximum absolute atomic E-state index is 10.7. The van der Waals surface area contributed by atoms with Crippen molar-refractivity contribution in [3.8, 4) is 0 Å². The van der Waals surface area contributed by atoms with Gasteiger partial charge in [0.1, 0.15) is 0 Å². The van der Waals surface area contributed by atoms with Crippen molar-refractivity contribution in [2.24, 2.45) is 0 Å². The molecule has 66 valence electrons. The third-order valence-electron chi connectivity index (χ3n) is 0.696. The topological polar surface area (TPSA) is 17.1 Å². The first kappa shape index (κ1) is 12.2. The fourth-order valence-corrected chi connectivity index (χ4v) is 3.61. The second-order valence-electron chi connectivity index (χ2n) is 1.78. The summed E-state index contributed by atoms with van der Waals surface area (Å²) in [6.07, 6.45) is 1.00. The van der Waals surface area contributed by atoms with E-state index in [0.717, 1.165) is 12.2 Å². The van der Waals surface area contributed by atoms with Crippen LogP contribution >= 0.6 is 51.7 Å². The van der Waals surface area contributed by atoms with Gasteiger partial charge in [-0.3, -0.25) is 4.57 Å². The molecule has 0 bridgehead atoms. The summed E-state index contributed by atoms with van der Waals surface area (Å²) in [6.45, 7) is 2.03. The molecule has 0 aromatic heterocycles. The van der Waals surface area contributed by atoms with Gasteiger partial charge in [0.15, 0.2) is 0 Å². The number of rotatable bonds is 4. The van der Waals surface area contributed by atoms with Gasteiger partial charge in [0.25, 0.3) is 5.85 Å². The number of hydrogen-bond donors (Lipinski definition) is 0. The van der Waals surface area contributed by atoms with Gasteiger partial charge >= 0.3 is 0 Å². The van der Waals surface area contributed by atoms with Crippen molar-refractivity contribution in [2.75, 3.05) is 5.75 Å². The van der Waals surface area contributed by atoms with Gasteiger partial charge in [-0.25, -0.2) is 0 Å². The Hall–Kier alpha value is 1.19. The van der Waals surface area contributed by atoms with Gasteiger partial charge in [-0.05, 0) is 34.7 Å². The Kier molecular flexibility index (Phi) is 6.39. The Morgan fingerprint density at radius 3 is 2.55 bits per heavy atom. The Balaban J connectivity index is 3.91. The predicted molar refractivity (Wildman–Crippen MR) is 56.0 cm³/mol. The minimum Gasteiger partial charge on any atom is -0.285 e. The van der Waals surface area contributed by atoms with Crippen LogP contribution in [0.2, 0.25) is 0 Å².